The summed E-state index contributed by atoms with van der Waals surface area (Å²) in [5.41, 5.74) is 1.15. The summed E-state index contributed by atoms with van der Waals surface area (Å²) in [4.78, 5) is 23.6. The Kier molecular flexibility index (Phi) is 4.68. The lowest BCUT2D eigenvalue weighted by Crippen LogP contribution is -2.38. The van der Waals surface area contributed by atoms with E-state index in [0.29, 0.717) is 5.92 Å². The Hall–Kier alpha value is -1.95. The molecule has 3 heterocycles. The number of hydrogen-bond donors (Lipinski definition) is 1. The first kappa shape index (κ1) is 15.0. The third kappa shape index (κ3) is 3.62. The van der Waals surface area contributed by atoms with Crippen molar-refractivity contribution in [1.29, 1.82) is 0 Å². The minimum atomic E-state index is 0.0504. The second-order valence-corrected chi connectivity index (χ2v) is 6.60. The molecule has 0 aliphatic carbocycles. The van der Waals surface area contributed by atoms with Gasteiger partial charge in [-0.3, -0.25) is 9.78 Å². The Morgan fingerprint density at radius 1 is 1.41 bits per heavy atom. The minimum absolute atomic E-state index is 0.0504. The number of nitrogens with zero attached hydrogens (tertiary/aromatic N) is 3. The van der Waals surface area contributed by atoms with E-state index in [0.717, 1.165) is 48.7 Å². The summed E-state index contributed by atoms with van der Waals surface area (Å²) in [5, 5.41) is 5.07. The van der Waals surface area contributed by atoms with Crippen molar-refractivity contribution in [3.63, 3.8) is 0 Å². The lowest BCUT2D eigenvalue weighted by Gasteiger charge is -2.32. The maximum atomic E-state index is 12.1. The smallest absolute Gasteiger partial charge is 0.261 e. The van der Waals surface area contributed by atoms with Crippen molar-refractivity contribution < 1.29 is 4.79 Å². The minimum Gasteiger partial charge on any atom is -0.355 e. The molecule has 1 saturated heterocycles. The van der Waals surface area contributed by atoms with Crippen LogP contribution in [0.15, 0.2) is 30.0 Å². The Morgan fingerprint density at radius 3 is 2.86 bits per heavy atom. The summed E-state index contributed by atoms with van der Waals surface area (Å²) in [6.07, 6.45) is 7.37. The molecule has 2 aromatic rings. The number of rotatable bonds is 4. The number of aromatic nitrogens is 2. The highest BCUT2D eigenvalue weighted by molar-refractivity contribution is 7.12. The molecule has 1 amide bonds. The molecule has 2 aromatic heterocycles. The fourth-order valence-corrected chi connectivity index (χ4v) is 3.51. The monoisotopic (exact) mass is 316 g/mol. The molecule has 22 heavy (non-hydrogen) atoms. The van der Waals surface area contributed by atoms with E-state index in [4.69, 9.17) is 0 Å². The second kappa shape index (κ2) is 6.87. The zero-order valence-corrected chi connectivity index (χ0v) is 13.5. The predicted molar refractivity (Wildman–Crippen MR) is 88.4 cm³/mol. The van der Waals surface area contributed by atoms with Crippen LogP contribution in [0.5, 0.6) is 0 Å². The first-order chi connectivity index (χ1) is 10.7. The maximum Gasteiger partial charge on any atom is 0.261 e. The Bertz CT molecular complexity index is 620. The molecule has 1 fully saturated rings. The quantitative estimate of drug-likeness (QED) is 0.941. The van der Waals surface area contributed by atoms with Crippen LogP contribution in [0.3, 0.4) is 0 Å². The fourth-order valence-electron chi connectivity index (χ4n) is 2.70. The van der Waals surface area contributed by atoms with Crippen LogP contribution in [0.2, 0.25) is 0 Å². The van der Waals surface area contributed by atoms with E-state index in [1.54, 1.807) is 18.6 Å². The summed E-state index contributed by atoms with van der Waals surface area (Å²) in [6, 6.07) is 1.94. The van der Waals surface area contributed by atoms with Crippen LogP contribution < -0.4 is 10.2 Å². The summed E-state index contributed by atoms with van der Waals surface area (Å²) in [5.74, 6) is 1.53. The van der Waals surface area contributed by atoms with E-state index in [1.807, 2.05) is 18.4 Å². The van der Waals surface area contributed by atoms with Crippen molar-refractivity contribution in [1.82, 2.24) is 15.3 Å². The number of thiophene rings is 1. The van der Waals surface area contributed by atoms with Gasteiger partial charge in [-0.25, -0.2) is 4.98 Å². The van der Waals surface area contributed by atoms with Gasteiger partial charge < -0.3 is 10.2 Å². The predicted octanol–water partition coefficient (Wildman–Crippen LogP) is 2.49. The van der Waals surface area contributed by atoms with Gasteiger partial charge in [-0.15, -0.1) is 11.3 Å². The van der Waals surface area contributed by atoms with E-state index in [1.165, 1.54) is 11.3 Å². The normalized spacial score (nSPS) is 15.8. The molecule has 0 bridgehead atoms. The molecule has 5 nitrogen and oxygen atoms in total. The third-order valence-corrected chi connectivity index (χ3v) is 5.04. The largest absolute Gasteiger partial charge is 0.355 e. The zero-order valence-electron chi connectivity index (χ0n) is 12.7. The van der Waals surface area contributed by atoms with E-state index in [2.05, 4.69) is 20.2 Å². The number of carbonyl (C=O) groups excluding carboxylic acids is 1. The standard InChI is InChI=1S/C16H20N4OS/c1-12-8-14(22-11-12)16(21)19-9-13-2-6-20(7-3-13)15-10-17-4-5-18-15/h4-5,8,10-11,13H,2-3,6-7,9H2,1H3,(H,19,21). The highest BCUT2D eigenvalue weighted by atomic mass is 32.1. The van der Waals surface area contributed by atoms with Gasteiger partial charge in [-0.2, -0.15) is 0 Å². The Balaban J connectivity index is 1.45. The topological polar surface area (TPSA) is 58.1 Å². The molecule has 116 valence electrons. The Labute approximate surface area is 134 Å². The van der Waals surface area contributed by atoms with Crippen molar-refractivity contribution in [2.45, 2.75) is 19.8 Å². The molecule has 3 rings (SSSR count). The van der Waals surface area contributed by atoms with Gasteiger partial charge in [0.2, 0.25) is 0 Å². The second-order valence-electron chi connectivity index (χ2n) is 5.69. The molecule has 0 unspecified atom stereocenters. The van der Waals surface area contributed by atoms with Crippen molar-refractivity contribution in [2.75, 3.05) is 24.5 Å². The van der Waals surface area contributed by atoms with Crippen LogP contribution in [-0.2, 0) is 0 Å². The first-order valence-electron chi connectivity index (χ1n) is 7.56. The van der Waals surface area contributed by atoms with Gasteiger partial charge in [0.15, 0.2) is 0 Å². The van der Waals surface area contributed by atoms with Crippen LogP contribution in [0.4, 0.5) is 5.82 Å². The van der Waals surface area contributed by atoms with Crippen LogP contribution >= 0.6 is 11.3 Å². The van der Waals surface area contributed by atoms with Gasteiger partial charge >= 0.3 is 0 Å². The van der Waals surface area contributed by atoms with Gasteiger partial charge in [0.1, 0.15) is 5.82 Å². The van der Waals surface area contributed by atoms with E-state index < -0.39 is 0 Å². The van der Waals surface area contributed by atoms with Gasteiger partial charge in [0.25, 0.3) is 5.91 Å². The molecule has 0 saturated carbocycles. The number of anilines is 1. The highest BCUT2D eigenvalue weighted by Gasteiger charge is 2.21. The summed E-state index contributed by atoms with van der Waals surface area (Å²) < 4.78 is 0. The molecule has 0 atom stereocenters. The molecule has 0 radical (unpaired) electrons. The average Bonchev–Trinajstić information content (AvgIpc) is 3.00. The van der Waals surface area contributed by atoms with Crippen LogP contribution in [0, 0.1) is 12.8 Å². The van der Waals surface area contributed by atoms with Crippen LogP contribution in [0.1, 0.15) is 28.1 Å². The molecule has 0 spiro atoms. The molecule has 1 aliphatic rings. The maximum absolute atomic E-state index is 12.1. The SMILES string of the molecule is Cc1csc(C(=O)NCC2CCN(c3cnccn3)CC2)c1. The molecule has 1 aliphatic heterocycles. The molecule has 1 N–H and O–H groups in total. The number of piperidine rings is 1. The van der Waals surface area contributed by atoms with E-state index in [-0.39, 0.29) is 5.91 Å². The number of aryl methyl sites for hydroxylation is 1. The van der Waals surface area contributed by atoms with Gasteiger partial charge in [-0.1, -0.05) is 0 Å². The highest BCUT2D eigenvalue weighted by Crippen LogP contribution is 2.21. The summed E-state index contributed by atoms with van der Waals surface area (Å²) in [7, 11) is 0. The summed E-state index contributed by atoms with van der Waals surface area (Å²) >= 11 is 1.51. The fraction of sp³-hybridized carbons (Fsp3) is 0.438. The molecule has 6 heteroatoms. The number of amides is 1. The van der Waals surface area contributed by atoms with Gasteiger partial charge in [0.05, 0.1) is 11.1 Å². The molecular formula is C16H20N4OS. The van der Waals surface area contributed by atoms with Crippen molar-refractivity contribution in [3.05, 3.63) is 40.5 Å². The third-order valence-electron chi connectivity index (χ3n) is 3.99. The van der Waals surface area contributed by atoms with Crippen molar-refractivity contribution in [2.24, 2.45) is 5.92 Å². The summed E-state index contributed by atoms with van der Waals surface area (Å²) in [6.45, 7) is 4.70. The lowest BCUT2D eigenvalue weighted by atomic mass is 9.97. The molecule has 0 aromatic carbocycles. The van der Waals surface area contributed by atoms with Crippen LogP contribution in [-0.4, -0.2) is 35.5 Å². The number of nitrogens with one attached hydrogen (secondary N) is 1. The number of hydrogen-bond acceptors (Lipinski definition) is 5. The average molecular weight is 316 g/mol. The van der Waals surface area contributed by atoms with E-state index >= 15 is 0 Å². The zero-order chi connectivity index (χ0) is 15.4. The lowest BCUT2D eigenvalue weighted by molar-refractivity contribution is 0.0949. The first-order valence-corrected chi connectivity index (χ1v) is 8.44. The van der Waals surface area contributed by atoms with Crippen LogP contribution in [0.25, 0.3) is 0 Å². The van der Waals surface area contributed by atoms with Crippen molar-refractivity contribution >= 4 is 23.1 Å². The Morgan fingerprint density at radius 2 is 2.23 bits per heavy atom. The van der Waals surface area contributed by atoms with Gasteiger partial charge in [0, 0.05) is 32.0 Å². The number of carbonyl (C=O) groups is 1. The molecular weight excluding hydrogens is 296 g/mol. The van der Waals surface area contributed by atoms with Crippen molar-refractivity contribution in [3.8, 4) is 0 Å². The van der Waals surface area contributed by atoms with Gasteiger partial charge in [-0.05, 0) is 42.7 Å². The van der Waals surface area contributed by atoms with E-state index in [9.17, 15) is 4.79 Å².